The van der Waals surface area contributed by atoms with Gasteiger partial charge in [-0.3, -0.25) is 9.59 Å². The predicted octanol–water partition coefficient (Wildman–Crippen LogP) is 2.92. The maximum atomic E-state index is 11.6. The first kappa shape index (κ1) is 18.0. The van der Waals surface area contributed by atoms with Crippen molar-refractivity contribution in [1.29, 1.82) is 0 Å². The minimum absolute atomic E-state index is 0.0195. The van der Waals surface area contributed by atoms with Crippen molar-refractivity contribution in [2.45, 2.75) is 45.4 Å². The number of nitrogens with one attached hydrogen (secondary N) is 1. The SMILES string of the molecule is Cc1cccc(OCCCC(=O)NCCCCCC(=O)O)c1. The lowest BCUT2D eigenvalue weighted by molar-refractivity contribution is -0.137. The fourth-order valence-electron chi connectivity index (χ4n) is 2.02. The normalized spacial score (nSPS) is 10.2. The molecule has 0 unspecified atom stereocenters. The Bertz CT molecular complexity index is 473. The molecule has 0 aliphatic rings. The lowest BCUT2D eigenvalue weighted by Gasteiger charge is -2.07. The van der Waals surface area contributed by atoms with E-state index >= 15 is 0 Å². The van der Waals surface area contributed by atoms with Crippen LogP contribution in [0.3, 0.4) is 0 Å². The lowest BCUT2D eigenvalue weighted by atomic mass is 10.2. The Morgan fingerprint density at radius 1 is 1.14 bits per heavy atom. The Hall–Kier alpha value is -2.04. The molecule has 1 rings (SSSR count). The van der Waals surface area contributed by atoms with Gasteiger partial charge in [0.1, 0.15) is 5.75 Å². The number of carbonyl (C=O) groups is 2. The van der Waals surface area contributed by atoms with Crippen LogP contribution in [0.1, 0.15) is 44.1 Å². The molecule has 0 saturated carbocycles. The Morgan fingerprint density at radius 2 is 1.95 bits per heavy atom. The first-order chi connectivity index (χ1) is 10.6. The van der Waals surface area contributed by atoms with Gasteiger partial charge in [-0.2, -0.15) is 0 Å². The Kier molecular flexibility index (Phi) is 8.72. The number of unbranched alkanes of at least 4 members (excludes halogenated alkanes) is 2. The average molecular weight is 307 g/mol. The maximum absolute atomic E-state index is 11.6. The number of carboxylic acid groups (broad SMARTS) is 1. The molecule has 22 heavy (non-hydrogen) atoms. The van der Waals surface area contributed by atoms with E-state index in [0.717, 1.165) is 24.2 Å². The van der Waals surface area contributed by atoms with Gasteiger partial charge in [0.2, 0.25) is 5.91 Å². The van der Waals surface area contributed by atoms with E-state index in [4.69, 9.17) is 9.84 Å². The van der Waals surface area contributed by atoms with Gasteiger partial charge in [0, 0.05) is 19.4 Å². The number of carboxylic acids is 1. The second kappa shape index (κ2) is 10.7. The first-order valence-electron chi connectivity index (χ1n) is 7.76. The van der Waals surface area contributed by atoms with Gasteiger partial charge in [0.15, 0.2) is 0 Å². The van der Waals surface area contributed by atoms with E-state index in [-0.39, 0.29) is 12.3 Å². The van der Waals surface area contributed by atoms with Crippen molar-refractivity contribution in [3.63, 3.8) is 0 Å². The third kappa shape index (κ3) is 9.00. The van der Waals surface area contributed by atoms with Crippen LogP contribution in [0.25, 0.3) is 0 Å². The quantitative estimate of drug-likeness (QED) is 0.616. The van der Waals surface area contributed by atoms with Crippen LogP contribution in [0.5, 0.6) is 5.75 Å². The summed E-state index contributed by atoms with van der Waals surface area (Å²) in [6.45, 7) is 3.14. The standard InChI is InChI=1S/C17H25NO4/c1-14-7-5-8-15(13-14)22-12-6-9-16(19)18-11-4-2-3-10-17(20)21/h5,7-8,13H,2-4,6,9-12H2,1H3,(H,18,19)(H,20,21). The second-order valence-corrected chi connectivity index (χ2v) is 5.32. The molecule has 0 radical (unpaired) electrons. The van der Waals surface area contributed by atoms with Crippen molar-refractivity contribution < 1.29 is 19.4 Å². The summed E-state index contributed by atoms with van der Waals surface area (Å²) < 4.78 is 5.58. The summed E-state index contributed by atoms with van der Waals surface area (Å²) in [7, 11) is 0. The van der Waals surface area contributed by atoms with Crippen LogP contribution < -0.4 is 10.1 Å². The van der Waals surface area contributed by atoms with Crippen LogP contribution in [0.4, 0.5) is 0 Å². The van der Waals surface area contributed by atoms with Gasteiger partial charge in [-0.15, -0.1) is 0 Å². The number of hydrogen-bond donors (Lipinski definition) is 2. The molecule has 1 aromatic rings. The second-order valence-electron chi connectivity index (χ2n) is 5.32. The van der Waals surface area contributed by atoms with Crippen LogP contribution in [0.2, 0.25) is 0 Å². The number of carbonyl (C=O) groups excluding carboxylic acids is 1. The minimum atomic E-state index is -0.766. The maximum Gasteiger partial charge on any atom is 0.303 e. The number of rotatable bonds is 11. The van der Waals surface area contributed by atoms with Crippen LogP contribution in [0, 0.1) is 6.92 Å². The zero-order chi connectivity index (χ0) is 16.2. The van der Waals surface area contributed by atoms with Gasteiger partial charge in [-0.05, 0) is 43.9 Å². The Labute approximate surface area is 131 Å². The summed E-state index contributed by atoms with van der Waals surface area (Å²) in [6.07, 6.45) is 3.63. The van der Waals surface area contributed by atoms with Crippen molar-refractivity contribution >= 4 is 11.9 Å². The van der Waals surface area contributed by atoms with E-state index < -0.39 is 5.97 Å². The molecule has 1 aromatic carbocycles. The number of benzene rings is 1. The molecule has 0 bridgehead atoms. The van der Waals surface area contributed by atoms with Crippen molar-refractivity contribution in [2.24, 2.45) is 0 Å². The molecule has 0 fully saturated rings. The zero-order valence-electron chi connectivity index (χ0n) is 13.1. The minimum Gasteiger partial charge on any atom is -0.494 e. The van der Waals surface area contributed by atoms with E-state index in [2.05, 4.69) is 5.32 Å². The topological polar surface area (TPSA) is 75.6 Å². The third-order valence-corrected chi connectivity index (χ3v) is 3.20. The number of amides is 1. The third-order valence-electron chi connectivity index (χ3n) is 3.20. The van der Waals surface area contributed by atoms with Crippen LogP contribution in [-0.2, 0) is 9.59 Å². The highest BCUT2D eigenvalue weighted by Crippen LogP contribution is 2.12. The first-order valence-corrected chi connectivity index (χ1v) is 7.76. The summed E-state index contributed by atoms with van der Waals surface area (Å²) in [5, 5.41) is 11.3. The molecule has 5 heteroatoms. The largest absolute Gasteiger partial charge is 0.494 e. The Morgan fingerprint density at radius 3 is 2.68 bits per heavy atom. The summed E-state index contributed by atoms with van der Waals surface area (Å²) in [4.78, 5) is 21.9. The number of ether oxygens (including phenoxy) is 1. The number of hydrogen-bond acceptors (Lipinski definition) is 3. The molecule has 2 N–H and O–H groups in total. The number of aryl methyl sites for hydroxylation is 1. The van der Waals surface area contributed by atoms with E-state index in [1.54, 1.807) is 0 Å². The highest BCUT2D eigenvalue weighted by atomic mass is 16.5. The zero-order valence-corrected chi connectivity index (χ0v) is 13.1. The van der Waals surface area contributed by atoms with Gasteiger partial charge < -0.3 is 15.2 Å². The van der Waals surface area contributed by atoms with E-state index in [0.29, 0.717) is 32.4 Å². The molecule has 1 amide bonds. The van der Waals surface area contributed by atoms with E-state index in [1.165, 1.54) is 0 Å². The fourth-order valence-corrected chi connectivity index (χ4v) is 2.02. The molecule has 0 saturated heterocycles. The predicted molar refractivity (Wildman–Crippen MR) is 85.0 cm³/mol. The molecule has 0 aliphatic carbocycles. The van der Waals surface area contributed by atoms with Gasteiger partial charge in [-0.25, -0.2) is 0 Å². The monoisotopic (exact) mass is 307 g/mol. The smallest absolute Gasteiger partial charge is 0.303 e. The van der Waals surface area contributed by atoms with Gasteiger partial charge in [0.05, 0.1) is 6.61 Å². The average Bonchev–Trinajstić information content (AvgIpc) is 2.47. The molecule has 5 nitrogen and oxygen atoms in total. The summed E-state index contributed by atoms with van der Waals surface area (Å²) in [5.41, 5.74) is 1.15. The van der Waals surface area contributed by atoms with E-state index in [1.807, 2.05) is 31.2 Å². The molecule has 0 aliphatic heterocycles. The van der Waals surface area contributed by atoms with Crippen molar-refractivity contribution in [1.82, 2.24) is 5.32 Å². The molecular formula is C17H25NO4. The van der Waals surface area contributed by atoms with Crippen LogP contribution >= 0.6 is 0 Å². The van der Waals surface area contributed by atoms with Crippen molar-refractivity contribution in [3.8, 4) is 5.75 Å². The Balaban J connectivity index is 1.98. The summed E-state index contributed by atoms with van der Waals surface area (Å²) in [6, 6.07) is 7.83. The molecule has 0 heterocycles. The molecule has 0 atom stereocenters. The number of aliphatic carboxylic acids is 1. The van der Waals surface area contributed by atoms with Gasteiger partial charge in [0.25, 0.3) is 0 Å². The van der Waals surface area contributed by atoms with Gasteiger partial charge >= 0.3 is 5.97 Å². The highest BCUT2D eigenvalue weighted by molar-refractivity contribution is 5.75. The molecule has 0 spiro atoms. The molecule has 0 aromatic heterocycles. The summed E-state index contributed by atoms with van der Waals surface area (Å²) >= 11 is 0. The van der Waals surface area contributed by atoms with E-state index in [9.17, 15) is 9.59 Å². The summed E-state index contributed by atoms with van der Waals surface area (Å²) in [5.74, 6) is 0.0857. The highest BCUT2D eigenvalue weighted by Gasteiger charge is 2.02. The van der Waals surface area contributed by atoms with Crippen LogP contribution in [0.15, 0.2) is 24.3 Å². The molecule has 122 valence electrons. The fraction of sp³-hybridized carbons (Fsp3) is 0.529. The van der Waals surface area contributed by atoms with Gasteiger partial charge in [-0.1, -0.05) is 18.6 Å². The van der Waals surface area contributed by atoms with Crippen LogP contribution in [-0.4, -0.2) is 30.1 Å². The van der Waals surface area contributed by atoms with Crippen molar-refractivity contribution in [2.75, 3.05) is 13.2 Å². The molecular weight excluding hydrogens is 282 g/mol. The van der Waals surface area contributed by atoms with Crippen molar-refractivity contribution in [3.05, 3.63) is 29.8 Å². The lowest BCUT2D eigenvalue weighted by Crippen LogP contribution is -2.24.